The number of imidazole rings is 1. The Labute approximate surface area is 678 Å². The molecule has 23 N–H and O–H groups in total. The van der Waals surface area contributed by atoms with Crippen molar-refractivity contribution in [2.45, 2.75) is 126 Å². The topological polar surface area (TPSA) is 667 Å². The third kappa shape index (κ3) is 41.7. The first kappa shape index (κ1) is 98.6. The van der Waals surface area contributed by atoms with E-state index in [-0.39, 0.29) is 136 Å². The maximum atomic E-state index is 14.7. The highest BCUT2D eigenvalue weighted by Gasteiger charge is 2.36. The van der Waals surface area contributed by atoms with Gasteiger partial charge in [0.25, 0.3) is 0 Å². The van der Waals surface area contributed by atoms with Crippen LogP contribution in [-0.4, -0.2) is 335 Å². The zero-order valence-corrected chi connectivity index (χ0v) is 65.7. The lowest BCUT2D eigenvalue weighted by Crippen LogP contribution is -2.61. The molecule has 0 aliphatic heterocycles. The molecule has 4 rings (SSSR count). The van der Waals surface area contributed by atoms with Gasteiger partial charge >= 0.3 is 29.8 Å². The van der Waals surface area contributed by atoms with Crippen LogP contribution in [0.5, 0.6) is 0 Å². The fraction of sp³-hybridized carbons (Fsp3) is 0.554. The first-order chi connectivity index (χ1) is 56.4. The normalized spacial score (nSPS) is 13.0. The maximum absolute atomic E-state index is 14.7. The van der Waals surface area contributed by atoms with E-state index in [1.54, 1.807) is 49.5 Å². The number of aromatic amines is 2. The van der Waals surface area contributed by atoms with Crippen LogP contribution in [0.3, 0.4) is 0 Å². The molecule has 0 saturated carbocycles. The number of ether oxygens (including phenoxy) is 4. The number of para-hydroxylation sites is 1. The molecule has 2 aromatic heterocycles. The first-order valence-electron chi connectivity index (χ1n) is 38.2. The minimum absolute atomic E-state index is 0.0256. The number of unbranched alkanes of at least 4 members (excludes halogenated alkanes) is 1. The quantitative estimate of drug-likeness (QED) is 0.0111. The second kappa shape index (κ2) is 55.7. The molecular weight excluding hydrogens is 1550 g/mol. The summed E-state index contributed by atoms with van der Waals surface area (Å²) in [6.07, 6.45) is 4.13. The summed E-state index contributed by atoms with van der Waals surface area (Å²) in [4.78, 5) is 212. The molecule has 0 spiro atoms. The van der Waals surface area contributed by atoms with Crippen molar-refractivity contribution in [2.75, 3.05) is 138 Å². The number of carbonyl (C=O) groups is 15. The van der Waals surface area contributed by atoms with E-state index < -0.39 is 190 Å². The number of aliphatic hydroxyl groups is 1. The van der Waals surface area contributed by atoms with Gasteiger partial charge in [-0.05, 0) is 55.7 Å². The average Bonchev–Trinajstić information content (AvgIpc) is 1.62. The average molecular weight is 1670 g/mol. The van der Waals surface area contributed by atoms with E-state index in [0.717, 1.165) is 15.8 Å². The lowest BCUT2D eigenvalue weighted by molar-refractivity contribution is -0.143. The van der Waals surface area contributed by atoms with E-state index in [2.05, 4.69) is 67.8 Å². The molecule has 7 atom stereocenters. The molecule has 0 radical (unpaired) electrons. The van der Waals surface area contributed by atoms with Crippen LogP contribution in [0.1, 0.15) is 81.5 Å². The van der Waals surface area contributed by atoms with Gasteiger partial charge in [0.15, 0.2) is 5.96 Å². The van der Waals surface area contributed by atoms with Crippen molar-refractivity contribution in [1.82, 2.24) is 77.5 Å². The van der Waals surface area contributed by atoms with Crippen molar-refractivity contribution >= 4 is 106 Å². The molecule has 652 valence electrons. The van der Waals surface area contributed by atoms with Crippen LogP contribution in [0.2, 0.25) is 0 Å². The highest BCUT2D eigenvalue weighted by molar-refractivity contribution is 5.98. The van der Waals surface area contributed by atoms with Gasteiger partial charge in [-0.2, -0.15) is 0 Å². The second-order valence-corrected chi connectivity index (χ2v) is 27.1. The predicted octanol–water partition coefficient (Wildman–Crippen LogP) is -5.78. The number of fused-ring (bicyclic) bond motifs is 1. The number of aliphatic carboxylic acids is 5. The van der Waals surface area contributed by atoms with Crippen LogP contribution in [-0.2, 0) is 110 Å². The van der Waals surface area contributed by atoms with Crippen molar-refractivity contribution in [3.8, 4) is 0 Å². The van der Waals surface area contributed by atoms with E-state index in [1.807, 2.05) is 18.2 Å². The fourth-order valence-electron chi connectivity index (χ4n) is 11.6. The van der Waals surface area contributed by atoms with Gasteiger partial charge in [-0.3, -0.25) is 91.6 Å². The van der Waals surface area contributed by atoms with Crippen LogP contribution in [0.25, 0.3) is 10.9 Å². The number of aliphatic imine (C=N–C) groups is 1. The summed E-state index contributed by atoms with van der Waals surface area (Å²) in [5, 5.41) is 80.9. The summed E-state index contributed by atoms with van der Waals surface area (Å²) in [5.74, 6) is -15.3. The molecule has 0 bridgehead atoms. The van der Waals surface area contributed by atoms with E-state index in [4.69, 9.17) is 46.4 Å². The number of primary amides is 1. The molecule has 10 amide bonds. The van der Waals surface area contributed by atoms with Crippen LogP contribution in [0.4, 0.5) is 0 Å². The number of carbonyl (C=O) groups excluding carboxylic acids is 10. The molecule has 0 unspecified atom stereocenters. The molecule has 2 heterocycles. The van der Waals surface area contributed by atoms with Gasteiger partial charge in [0.1, 0.15) is 55.5 Å². The van der Waals surface area contributed by atoms with E-state index in [1.165, 1.54) is 22.3 Å². The largest absolute Gasteiger partial charge is 0.481 e. The highest BCUT2D eigenvalue weighted by Crippen LogP contribution is 2.20. The van der Waals surface area contributed by atoms with Gasteiger partial charge in [0, 0.05) is 114 Å². The number of carboxylic acid groups (broad SMARTS) is 5. The summed E-state index contributed by atoms with van der Waals surface area (Å²) in [5.41, 5.74) is 19.2. The second-order valence-electron chi connectivity index (χ2n) is 27.1. The number of nitrogens with two attached hydrogens (primary N) is 3. The van der Waals surface area contributed by atoms with Gasteiger partial charge in [-0.15, -0.1) is 0 Å². The number of hydrogen-bond acceptors (Lipinski definition) is 25. The van der Waals surface area contributed by atoms with Crippen LogP contribution in [0.15, 0.2) is 78.3 Å². The summed E-state index contributed by atoms with van der Waals surface area (Å²) < 4.78 is 21.8. The monoisotopic (exact) mass is 1670 g/mol. The SMILES string of the molecule is CCCC[C@H](NC(=O)[C@H](CO)NC(=O)COCC(=O)NCCCOCCOCCOCCCNC(=O)CN(CCN(CCN(CC(=O)O)CC(=O)O)CC(=O)O)CC(=O)O)C(=O)N[C@@H](CCC(=O)O)C(=O)N[C@@H](Cc1cnc[nH]1)C(=O)N[C@H](Cc1ccccc1)C(=O)N[C@@H](CCCN=C(N)N)C(=O)N[C@@H](Cc1c[nH]c2ccccc12)C(N)=O. The lowest BCUT2D eigenvalue weighted by atomic mass is 10.0. The minimum atomic E-state index is -1.70. The Kier molecular flexibility index (Phi) is 46.5. The summed E-state index contributed by atoms with van der Waals surface area (Å²) in [6.45, 7) is -1.60. The van der Waals surface area contributed by atoms with Crippen molar-refractivity contribution in [1.29, 1.82) is 0 Å². The number of nitrogens with zero attached hydrogens (tertiary/aromatic N) is 5. The van der Waals surface area contributed by atoms with Gasteiger partial charge in [0.2, 0.25) is 59.1 Å². The number of aliphatic hydroxyl groups excluding tert-OH is 1. The number of carboxylic acids is 5. The van der Waals surface area contributed by atoms with Crippen LogP contribution in [0, 0.1) is 0 Å². The summed E-state index contributed by atoms with van der Waals surface area (Å²) in [7, 11) is 0. The first-order valence-corrected chi connectivity index (χ1v) is 38.2. The van der Waals surface area contributed by atoms with E-state index in [0.29, 0.717) is 42.5 Å². The van der Waals surface area contributed by atoms with Crippen LogP contribution < -0.4 is 65.1 Å². The summed E-state index contributed by atoms with van der Waals surface area (Å²) >= 11 is 0. The third-order valence-electron chi connectivity index (χ3n) is 17.5. The number of hydrogen-bond donors (Lipinski definition) is 20. The molecule has 44 nitrogen and oxygen atoms in total. The van der Waals surface area contributed by atoms with Crippen molar-refractivity contribution in [2.24, 2.45) is 22.2 Å². The van der Waals surface area contributed by atoms with Crippen molar-refractivity contribution in [3.63, 3.8) is 0 Å². The Bertz CT molecular complexity index is 3870. The predicted molar refractivity (Wildman–Crippen MR) is 419 cm³/mol. The molecule has 44 heteroatoms. The number of H-pyrrole nitrogens is 2. The molecule has 0 aliphatic carbocycles. The molecular formula is C74H111N19O25. The smallest absolute Gasteiger partial charge is 0.317 e. The Morgan fingerprint density at radius 3 is 1.46 bits per heavy atom. The highest BCUT2D eigenvalue weighted by atomic mass is 16.5. The van der Waals surface area contributed by atoms with Gasteiger partial charge in [0.05, 0.1) is 72.1 Å². The number of amides is 10. The molecule has 118 heavy (non-hydrogen) atoms. The Morgan fingerprint density at radius 2 is 0.932 bits per heavy atom. The van der Waals surface area contributed by atoms with Crippen molar-refractivity contribution in [3.05, 3.63) is 90.1 Å². The zero-order valence-electron chi connectivity index (χ0n) is 65.7. The number of aromatic nitrogens is 3. The minimum Gasteiger partial charge on any atom is -0.481 e. The number of benzene rings is 2. The lowest BCUT2D eigenvalue weighted by Gasteiger charge is -2.28. The van der Waals surface area contributed by atoms with E-state index in [9.17, 15) is 92.3 Å². The Morgan fingerprint density at radius 1 is 0.466 bits per heavy atom. The van der Waals surface area contributed by atoms with E-state index >= 15 is 0 Å². The fourth-order valence-corrected chi connectivity index (χ4v) is 11.6. The number of rotatable bonds is 65. The third-order valence-corrected chi connectivity index (χ3v) is 17.5. The molecule has 4 aromatic rings. The maximum Gasteiger partial charge on any atom is 0.317 e. The number of guanidine groups is 1. The summed E-state index contributed by atoms with van der Waals surface area (Å²) in [6, 6.07) is 5.16. The standard InChI is InChI=1S/C74H111N19O25/c1-2-3-15-52(86-73(114)58(43-94)84-61(97)45-118-44-60(96)80-22-11-28-116-30-32-117-31-29-115-27-10-21-79-59(95)38-92(40-64(102)103)25-23-91(39-63(100)101)24-26-93(41-65(104)105)42-66(106)107)68(109)87-54(18-19-62(98)99)70(111)90-57(35-49-37-78-46-83-49)72(113)89-56(33-47-12-5-4-6-13-47)71(112)85-53(17-9-20-81-74(76)77)69(110)88-55(67(75)108)34-48-36-82-51-16-8-7-14-50(48)51/h4-8,12-14,16,36-37,46,52-58,82,94H,2-3,9-11,15,17-35,38-45H2,1H3,(H2,75,108)(H,78,83)(H,79,95)(H,80,96)(H,84,97)(H,85,112)(H,86,114)(H,87,109)(H,88,110)(H,89,113)(H,90,111)(H,98,99)(H,100,101)(H,102,103)(H,104,105)(H,106,107)(H4,76,77,81)/t52-,53-,54-,55-,56+,57-,58-/m0/s1. The zero-order chi connectivity index (χ0) is 86.7. The molecule has 2 aromatic carbocycles. The molecule has 0 fully saturated rings. The number of nitrogens with one attached hydrogen (secondary N) is 11. The Balaban J connectivity index is 1.24. The van der Waals surface area contributed by atoms with Crippen LogP contribution >= 0.6 is 0 Å². The molecule has 0 aliphatic rings. The van der Waals surface area contributed by atoms with Gasteiger partial charge in [-0.1, -0.05) is 68.3 Å². The van der Waals surface area contributed by atoms with Gasteiger partial charge < -0.3 is 125 Å². The van der Waals surface area contributed by atoms with Crippen molar-refractivity contribution < 1.29 is 122 Å². The van der Waals surface area contributed by atoms with Gasteiger partial charge in [-0.25, -0.2) is 4.98 Å². The Hall–Kier alpha value is -11.8. The molecule has 0 saturated heterocycles.